The molecule has 126 valence electrons. The van der Waals surface area contributed by atoms with Crippen LogP contribution in [0.3, 0.4) is 0 Å². The monoisotopic (exact) mass is 315 g/mol. The fourth-order valence-electron chi connectivity index (χ4n) is 3.83. The van der Waals surface area contributed by atoms with Crippen LogP contribution < -0.4 is 10.6 Å². The van der Waals surface area contributed by atoms with E-state index in [1.807, 2.05) is 0 Å². The quantitative estimate of drug-likeness (QED) is 0.876. The number of amides is 1. The van der Waals surface area contributed by atoms with Crippen molar-refractivity contribution in [2.75, 3.05) is 26.2 Å². The van der Waals surface area contributed by atoms with Crippen molar-refractivity contribution in [1.82, 2.24) is 15.5 Å². The van der Waals surface area contributed by atoms with Gasteiger partial charge in [-0.1, -0.05) is 30.3 Å². The van der Waals surface area contributed by atoms with Gasteiger partial charge in [0.2, 0.25) is 5.91 Å². The number of nitrogens with zero attached hydrogens (tertiary/aromatic N) is 1. The number of hydrogen-bond acceptors (Lipinski definition) is 3. The molecule has 0 aromatic heterocycles. The normalized spacial score (nSPS) is 26.8. The van der Waals surface area contributed by atoms with Crippen molar-refractivity contribution >= 4 is 5.91 Å². The highest BCUT2D eigenvalue weighted by molar-refractivity contribution is 5.81. The minimum Gasteiger partial charge on any atom is -0.354 e. The summed E-state index contributed by atoms with van der Waals surface area (Å²) in [6.07, 6.45) is 4.54. The molecule has 2 aliphatic rings. The zero-order valence-electron chi connectivity index (χ0n) is 14.1. The van der Waals surface area contributed by atoms with Crippen molar-refractivity contribution in [2.24, 2.45) is 5.92 Å². The lowest BCUT2D eigenvalue weighted by Crippen LogP contribution is -2.45. The number of hydrogen-bond donors (Lipinski definition) is 2. The number of carbonyl (C=O) groups is 1. The molecule has 1 amide bonds. The number of likely N-dealkylation sites (tertiary alicyclic amines) is 1. The zero-order valence-corrected chi connectivity index (χ0v) is 14.1. The van der Waals surface area contributed by atoms with Gasteiger partial charge >= 0.3 is 0 Å². The van der Waals surface area contributed by atoms with E-state index in [-0.39, 0.29) is 11.9 Å². The molecule has 2 fully saturated rings. The molecule has 1 aromatic carbocycles. The van der Waals surface area contributed by atoms with E-state index in [2.05, 4.69) is 52.8 Å². The number of nitrogens with one attached hydrogen (secondary N) is 2. The van der Waals surface area contributed by atoms with Crippen LogP contribution in [0.25, 0.3) is 0 Å². The first-order chi connectivity index (χ1) is 11.2. The number of carbonyl (C=O) groups excluding carboxylic acids is 1. The van der Waals surface area contributed by atoms with Gasteiger partial charge in [-0.3, -0.25) is 9.69 Å². The van der Waals surface area contributed by atoms with Crippen LogP contribution in [0.4, 0.5) is 0 Å². The van der Waals surface area contributed by atoms with Gasteiger partial charge in [-0.2, -0.15) is 0 Å². The van der Waals surface area contributed by atoms with Crippen LogP contribution in [0.15, 0.2) is 30.3 Å². The molecule has 0 aliphatic carbocycles. The molecule has 4 nitrogen and oxygen atoms in total. The Morgan fingerprint density at radius 2 is 2.13 bits per heavy atom. The van der Waals surface area contributed by atoms with Crippen molar-refractivity contribution < 1.29 is 4.79 Å². The van der Waals surface area contributed by atoms with Crippen molar-refractivity contribution in [3.8, 4) is 0 Å². The van der Waals surface area contributed by atoms with E-state index in [1.54, 1.807) is 0 Å². The SMILES string of the molecule is CC(c1ccccc1)N1CCCC(CNC(=O)C2CCCN2)C1. The van der Waals surface area contributed by atoms with Gasteiger partial charge in [0.15, 0.2) is 0 Å². The van der Waals surface area contributed by atoms with Crippen molar-refractivity contribution in [3.63, 3.8) is 0 Å². The predicted octanol–water partition coefficient (Wildman–Crippen LogP) is 2.33. The predicted molar refractivity (Wildman–Crippen MR) is 93.2 cm³/mol. The van der Waals surface area contributed by atoms with Gasteiger partial charge in [-0.05, 0) is 57.2 Å². The molecule has 3 rings (SSSR count). The van der Waals surface area contributed by atoms with Crippen LogP contribution >= 0.6 is 0 Å². The van der Waals surface area contributed by atoms with Crippen molar-refractivity contribution in [2.45, 2.75) is 44.7 Å². The fraction of sp³-hybridized carbons (Fsp3) is 0.632. The van der Waals surface area contributed by atoms with E-state index in [9.17, 15) is 4.79 Å². The summed E-state index contributed by atoms with van der Waals surface area (Å²) in [6, 6.07) is 11.2. The Kier molecular flexibility index (Phi) is 5.68. The van der Waals surface area contributed by atoms with Gasteiger partial charge in [0.1, 0.15) is 0 Å². The summed E-state index contributed by atoms with van der Waals surface area (Å²) in [6.45, 7) is 6.32. The Balaban J connectivity index is 1.49. The maximum Gasteiger partial charge on any atom is 0.237 e. The van der Waals surface area contributed by atoms with E-state index in [0.29, 0.717) is 12.0 Å². The van der Waals surface area contributed by atoms with Crippen LogP contribution in [0.1, 0.15) is 44.2 Å². The highest BCUT2D eigenvalue weighted by Crippen LogP contribution is 2.26. The minimum absolute atomic E-state index is 0.0398. The van der Waals surface area contributed by atoms with Crippen molar-refractivity contribution in [1.29, 1.82) is 0 Å². The lowest BCUT2D eigenvalue weighted by atomic mass is 9.95. The van der Waals surface area contributed by atoms with Crippen LogP contribution in [0.2, 0.25) is 0 Å². The second kappa shape index (κ2) is 7.93. The van der Waals surface area contributed by atoms with E-state index in [0.717, 1.165) is 39.0 Å². The first-order valence-electron chi connectivity index (χ1n) is 9.04. The molecule has 0 saturated carbocycles. The van der Waals surface area contributed by atoms with Crippen LogP contribution in [0.5, 0.6) is 0 Å². The van der Waals surface area contributed by atoms with Gasteiger partial charge < -0.3 is 10.6 Å². The number of benzene rings is 1. The molecule has 0 bridgehead atoms. The maximum atomic E-state index is 12.1. The van der Waals surface area contributed by atoms with E-state index in [4.69, 9.17) is 0 Å². The molecule has 2 N–H and O–H groups in total. The summed E-state index contributed by atoms with van der Waals surface area (Å²) in [7, 11) is 0. The summed E-state index contributed by atoms with van der Waals surface area (Å²) < 4.78 is 0. The molecule has 0 radical (unpaired) electrons. The summed E-state index contributed by atoms with van der Waals surface area (Å²) in [5.41, 5.74) is 1.38. The zero-order chi connectivity index (χ0) is 16.1. The molecule has 0 spiro atoms. The average Bonchev–Trinajstić information content (AvgIpc) is 3.15. The Morgan fingerprint density at radius 1 is 1.30 bits per heavy atom. The maximum absolute atomic E-state index is 12.1. The van der Waals surface area contributed by atoms with Crippen molar-refractivity contribution in [3.05, 3.63) is 35.9 Å². The molecule has 3 atom stereocenters. The van der Waals surface area contributed by atoms with Crippen LogP contribution in [-0.2, 0) is 4.79 Å². The van der Waals surface area contributed by atoms with Crippen LogP contribution in [-0.4, -0.2) is 43.0 Å². The Labute approximate surface area is 139 Å². The molecule has 4 heteroatoms. The summed E-state index contributed by atoms with van der Waals surface area (Å²) >= 11 is 0. The van der Waals surface area contributed by atoms with Gasteiger partial charge in [0.05, 0.1) is 6.04 Å². The summed E-state index contributed by atoms with van der Waals surface area (Å²) in [5.74, 6) is 0.760. The van der Waals surface area contributed by atoms with Gasteiger partial charge in [0, 0.05) is 19.1 Å². The smallest absolute Gasteiger partial charge is 0.237 e. The topological polar surface area (TPSA) is 44.4 Å². The lowest BCUT2D eigenvalue weighted by molar-refractivity contribution is -0.123. The van der Waals surface area contributed by atoms with Crippen LogP contribution in [0, 0.1) is 5.92 Å². The standard InChI is InChI=1S/C19H29N3O/c1-15(17-8-3-2-4-9-17)22-12-6-7-16(14-22)13-21-19(23)18-10-5-11-20-18/h2-4,8-9,15-16,18,20H,5-7,10-14H2,1H3,(H,21,23). The molecular formula is C19H29N3O. The molecule has 23 heavy (non-hydrogen) atoms. The summed E-state index contributed by atoms with van der Waals surface area (Å²) in [5, 5.41) is 6.44. The Morgan fingerprint density at radius 3 is 2.87 bits per heavy atom. The minimum atomic E-state index is 0.0398. The number of rotatable bonds is 5. The number of piperidine rings is 1. The third-order valence-electron chi connectivity index (χ3n) is 5.32. The molecule has 1 aromatic rings. The first-order valence-corrected chi connectivity index (χ1v) is 9.04. The molecule has 3 unspecified atom stereocenters. The largest absolute Gasteiger partial charge is 0.354 e. The Bertz CT molecular complexity index is 499. The third kappa shape index (κ3) is 4.33. The highest BCUT2D eigenvalue weighted by Gasteiger charge is 2.26. The highest BCUT2D eigenvalue weighted by atomic mass is 16.2. The second-order valence-electron chi connectivity index (χ2n) is 6.98. The van der Waals surface area contributed by atoms with E-state index in [1.165, 1.54) is 18.4 Å². The fourth-order valence-corrected chi connectivity index (χ4v) is 3.83. The van der Waals surface area contributed by atoms with E-state index < -0.39 is 0 Å². The molecule has 2 saturated heterocycles. The lowest BCUT2D eigenvalue weighted by Gasteiger charge is -2.37. The van der Waals surface area contributed by atoms with Gasteiger partial charge in [0.25, 0.3) is 0 Å². The second-order valence-corrected chi connectivity index (χ2v) is 6.98. The third-order valence-corrected chi connectivity index (χ3v) is 5.32. The molecular weight excluding hydrogens is 286 g/mol. The molecule has 2 aliphatic heterocycles. The van der Waals surface area contributed by atoms with Gasteiger partial charge in [-0.15, -0.1) is 0 Å². The van der Waals surface area contributed by atoms with E-state index >= 15 is 0 Å². The Hall–Kier alpha value is -1.39. The summed E-state index contributed by atoms with van der Waals surface area (Å²) in [4.78, 5) is 14.7. The average molecular weight is 315 g/mol. The first kappa shape index (κ1) is 16.5. The molecule has 2 heterocycles. The van der Waals surface area contributed by atoms with Gasteiger partial charge in [-0.25, -0.2) is 0 Å².